The molecule has 1 aliphatic carbocycles. The summed E-state index contributed by atoms with van der Waals surface area (Å²) in [5.74, 6) is 0.883. The third kappa shape index (κ3) is 2.16. The number of anilines is 1. The first-order chi connectivity index (χ1) is 11.0. The highest BCUT2D eigenvalue weighted by molar-refractivity contribution is 6.31. The molecule has 1 aromatic rings. The summed E-state index contributed by atoms with van der Waals surface area (Å²) >= 11 is 6.21. The van der Waals surface area contributed by atoms with Gasteiger partial charge in [0.15, 0.2) is 0 Å². The molecular formula is C19H22ClNO2. The van der Waals surface area contributed by atoms with Gasteiger partial charge >= 0.3 is 0 Å². The van der Waals surface area contributed by atoms with Crippen LogP contribution >= 0.6 is 11.6 Å². The number of fused-ring (bicyclic) bond motifs is 4. The van der Waals surface area contributed by atoms with Gasteiger partial charge < -0.3 is 4.90 Å². The molecule has 3 nitrogen and oxygen atoms in total. The Kier molecular flexibility index (Phi) is 3.53. The molecule has 2 fully saturated rings. The fourth-order valence-corrected chi connectivity index (χ4v) is 5.02. The molecule has 1 spiro atoms. The zero-order chi connectivity index (χ0) is 16.2. The average Bonchev–Trinajstić information content (AvgIpc) is 2.52. The van der Waals surface area contributed by atoms with Crippen molar-refractivity contribution in [1.29, 1.82) is 0 Å². The molecule has 1 saturated heterocycles. The molecule has 1 saturated carbocycles. The molecule has 0 N–H and O–H groups in total. The lowest BCUT2D eigenvalue weighted by atomic mass is 9.59. The van der Waals surface area contributed by atoms with E-state index in [0.717, 1.165) is 42.1 Å². The SMILES string of the molecule is C[C@H]1CCN2c3cc(Cl)ccc3CC3(C(=O)CCCC3=O)[C@@H]2C1. The second kappa shape index (κ2) is 5.34. The van der Waals surface area contributed by atoms with Crippen molar-refractivity contribution in [3.8, 4) is 0 Å². The van der Waals surface area contributed by atoms with Crippen LogP contribution in [0.2, 0.25) is 5.02 Å². The summed E-state index contributed by atoms with van der Waals surface area (Å²) in [7, 11) is 0. The second-order valence-corrected chi connectivity index (χ2v) is 7.90. The molecule has 2 heterocycles. The topological polar surface area (TPSA) is 37.4 Å². The highest BCUT2D eigenvalue weighted by atomic mass is 35.5. The van der Waals surface area contributed by atoms with E-state index in [2.05, 4.69) is 11.8 Å². The lowest BCUT2D eigenvalue weighted by Gasteiger charge is -2.54. The van der Waals surface area contributed by atoms with Crippen molar-refractivity contribution >= 4 is 28.9 Å². The summed E-state index contributed by atoms with van der Waals surface area (Å²) in [6, 6.07) is 5.89. The standard InChI is InChI=1S/C19H22ClNO2/c1-12-7-8-21-15-10-14(20)6-5-13(15)11-19(16(21)9-12)17(22)3-2-4-18(19)23/h5-6,10,12,16H,2-4,7-9,11H2,1H3/t12-,16-/m0/s1. The lowest BCUT2D eigenvalue weighted by Crippen LogP contribution is -2.63. The molecule has 0 amide bonds. The van der Waals surface area contributed by atoms with E-state index in [9.17, 15) is 9.59 Å². The maximum atomic E-state index is 12.9. The Morgan fingerprint density at radius 3 is 2.70 bits per heavy atom. The van der Waals surface area contributed by atoms with Crippen molar-refractivity contribution in [2.75, 3.05) is 11.4 Å². The van der Waals surface area contributed by atoms with Crippen LogP contribution in [0, 0.1) is 11.3 Å². The number of hydrogen-bond acceptors (Lipinski definition) is 3. The minimum absolute atomic E-state index is 0.0116. The molecular weight excluding hydrogens is 310 g/mol. The van der Waals surface area contributed by atoms with E-state index in [1.54, 1.807) is 0 Å². The number of rotatable bonds is 0. The van der Waals surface area contributed by atoms with Crippen molar-refractivity contribution in [1.82, 2.24) is 0 Å². The van der Waals surface area contributed by atoms with Crippen molar-refractivity contribution in [3.05, 3.63) is 28.8 Å². The monoisotopic (exact) mass is 331 g/mol. The maximum absolute atomic E-state index is 12.9. The van der Waals surface area contributed by atoms with Gasteiger partial charge in [-0.3, -0.25) is 9.59 Å². The van der Waals surface area contributed by atoms with E-state index < -0.39 is 5.41 Å². The maximum Gasteiger partial charge on any atom is 0.148 e. The van der Waals surface area contributed by atoms with Gasteiger partial charge in [0.1, 0.15) is 17.0 Å². The molecule has 0 unspecified atom stereocenters. The Morgan fingerprint density at radius 1 is 1.22 bits per heavy atom. The highest BCUT2D eigenvalue weighted by Gasteiger charge is 2.57. The third-order valence-corrected chi connectivity index (χ3v) is 6.30. The van der Waals surface area contributed by atoms with Crippen LogP contribution < -0.4 is 4.90 Å². The van der Waals surface area contributed by atoms with Crippen LogP contribution in [0.5, 0.6) is 0 Å². The fourth-order valence-electron chi connectivity index (χ4n) is 4.85. The molecule has 2 atom stereocenters. The molecule has 3 aliphatic rings. The summed E-state index contributed by atoms with van der Waals surface area (Å²) < 4.78 is 0. The van der Waals surface area contributed by atoms with Crippen molar-refractivity contribution in [3.63, 3.8) is 0 Å². The number of piperidine rings is 1. The average molecular weight is 332 g/mol. The Hall–Kier alpha value is -1.35. The number of nitrogens with zero attached hydrogens (tertiary/aromatic N) is 1. The quantitative estimate of drug-likeness (QED) is 0.678. The zero-order valence-electron chi connectivity index (χ0n) is 13.5. The van der Waals surface area contributed by atoms with Gasteiger partial charge in [-0.25, -0.2) is 0 Å². The summed E-state index contributed by atoms with van der Waals surface area (Å²) in [6.07, 6.45) is 4.39. The number of ketones is 2. The van der Waals surface area contributed by atoms with Crippen molar-refractivity contribution in [2.45, 2.75) is 51.5 Å². The third-order valence-electron chi connectivity index (χ3n) is 6.06. The molecule has 4 heteroatoms. The van der Waals surface area contributed by atoms with E-state index in [1.165, 1.54) is 0 Å². The molecule has 0 bridgehead atoms. The van der Waals surface area contributed by atoms with E-state index in [4.69, 9.17) is 11.6 Å². The van der Waals surface area contributed by atoms with Crippen molar-refractivity contribution in [2.24, 2.45) is 11.3 Å². The Balaban J connectivity index is 1.88. The van der Waals surface area contributed by atoms with Gasteiger partial charge in [-0.1, -0.05) is 24.6 Å². The van der Waals surface area contributed by atoms with E-state index in [0.29, 0.717) is 25.2 Å². The number of halogens is 1. The van der Waals surface area contributed by atoms with Gasteiger partial charge in [-0.15, -0.1) is 0 Å². The Morgan fingerprint density at radius 2 is 1.96 bits per heavy atom. The van der Waals surface area contributed by atoms with E-state index >= 15 is 0 Å². The predicted octanol–water partition coefficient (Wildman–Crippen LogP) is 3.81. The molecule has 0 radical (unpaired) electrons. The van der Waals surface area contributed by atoms with Gasteiger partial charge in [-0.2, -0.15) is 0 Å². The van der Waals surface area contributed by atoms with Crippen LogP contribution in [0.1, 0.15) is 44.6 Å². The van der Waals surface area contributed by atoms with Gasteiger partial charge in [0.25, 0.3) is 0 Å². The summed E-state index contributed by atoms with van der Waals surface area (Å²) in [5.41, 5.74) is 1.42. The molecule has 4 rings (SSSR count). The van der Waals surface area contributed by atoms with Crippen molar-refractivity contribution < 1.29 is 9.59 Å². The number of carbonyl (C=O) groups excluding carboxylic acids is 2. The zero-order valence-corrected chi connectivity index (χ0v) is 14.2. The largest absolute Gasteiger partial charge is 0.367 e. The highest BCUT2D eigenvalue weighted by Crippen LogP contribution is 2.50. The number of Topliss-reactive ketones (excluding diaryl/α,β-unsaturated/α-hetero) is 2. The van der Waals surface area contributed by atoms with Crippen LogP contribution in [-0.4, -0.2) is 24.2 Å². The molecule has 23 heavy (non-hydrogen) atoms. The fraction of sp³-hybridized carbons (Fsp3) is 0.579. The second-order valence-electron chi connectivity index (χ2n) is 7.46. The normalized spacial score (nSPS) is 29.4. The van der Waals surface area contributed by atoms with E-state index in [-0.39, 0.29) is 17.6 Å². The van der Waals surface area contributed by atoms with Gasteiger partial charge in [-0.05, 0) is 49.3 Å². The lowest BCUT2D eigenvalue weighted by molar-refractivity contribution is -0.146. The Labute approximate surface area is 142 Å². The number of benzene rings is 1. The minimum atomic E-state index is -0.812. The van der Waals surface area contributed by atoms with Crippen LogP contribution in [0.15, 0.2) is 18.2 Å². The van der Waals surface area contributed by atoms with Crippen LogP contribution in [0.4, 0.5) is 5.69 Å². The number of carbonyl (C=O) groups is 2. The molecule has 0 aromatic heterocycles. The summed E-state index contributed by atoms with van der Waals surface area (Å²) in [6.45, 7) is 3.14. The molecule has 2 aliphatic heterocycles. The molecule has 122 valence electrons. The first-order valence-electron chi connectivity index (χ1n) is 8.64. The van der Waals surface area contributed by atoms with Gasteiger partial charge in [0, 0.05) is 36.1 Å². The van der Waals surface area contributed by atoms with E-state index in [1.807, 2.05) is 18.2 Å². The summed E-state index contributed by atoms with van der Waals surface area (Å²) in [5, 5.41) is 0.721. The summed E-state index contributed by atoms with van der Waals surface area (Å²) in [4.78, 5) is 28.2. The first-order valence-corrected chi connectivity index (χ1v) is 9.02. The Bertz CT molecular complexity index is 668. The first kappa shape index (κ1) is 15.2. The van der Waals surface area contributed by atoms with Gasteiger partial charge in [0.2, 0.25) is 0 Å². The van der Waals surface area contributed by atoms with Gasteiger partial charge in [0.05, 0.1) is 0 Å². The van der Waals surface area contributed by atoms with Crippen LogP contribution in [0.25, 0.3) is 0 Å². The number of hydrogen-bond donors (Lipinski definition) is 0. The molecule has 1 aromatic carbocycles. The van der Waals surface area contributed by atoms with Crippen LogP contribution in [0.3, 0.4) is 0 Å². The minimum Gasteiger partial charge on any atom is -0.367 e. The predicted molar refractivity (Wildman–Crippen MR) is 91.0 cm³/mol. The van der Waals surface area contributed by atoms with Crippen LogP contribution in [-0.2, 0) is 16.0 Å². The smallest absolute Gasteiger partial charge is 0.148 e.